The highest BCUT2D eigenvalue weighted by atomic mass is 17.2. The Morgan fingerprint density at radius 1 is 0.714 bits per heavy atom. The zero-order chi connectivity index (χ0) is 42.8. The highest BCUT2D eigenvalue weighted by Gasteiger charge is 2.57. The van der Waals surface area contributed by atoms with Gasteiger partial charge in [0.15, 0.2) is 6.04 Å². The van der Waals surface area contributed by atoms with Gasteiger partial charge in [0.25, 0.3) is 11.8 Å². The summed E-state index contributed by atoms with van der Waals surface area (Å²) in [6, 6.07) is 30.1. The fourth-order valence-corrected chi connectivity index (χ4v) is 10.3. The van der Waals surface area contributed by atoms with Crippen LogP contribution in [0.15, 0.2) is 114 Å². The molecule has 3 amide bonds. The van der Waals surface area contributed by atoms with Crippen LogP contribution in [0, 0.1) is 11.8 Å². The molecule has 4 heterocycles. The molecule has 0 unspecified atom stereocenters. The van der Waals surface area contributed by atoms with Gasteiger partial charge in [0.05, 0.1) is 50.1 Å². The predicted octanol–water partition coefficient (Wildman–Crippen LogP) is 7.81. The first-order valence-corrected chi connectivity index (χ1v) is 21.5. The normalized spacial score (nSPS) is 23.4. The lowest BCUT2D eigenvalue weighted by molar-refractivity contribution is -0.188. The molecular formula is C49H46N8O6. The van der Waals surface area contributed by atoms with Gasteiger partial charge in [-0.05, 0) is 101 Å². The molecule has 3 aliphatic carbocycles. The van der Waals surface area contributed by atoms with Crippen molar-refractivity contribution in [1.82, 2.24) is 35.1 Å². The second kappa shape index (κ2) is 15.7. The van der Waals surface area contributed by atoms with Crippen molar-refractivity contribution >= 4 is 24.3 Å². The Morgan fingerprint density at radius 2 is 1.25 bits per heavy atom. The molecule has 2 aromatic heterocycles. The minimum atomic E-state index is -0.871. The number of carbonyl (C=O) groups is 3. The maximum absolute atomic E-state index is 14.2. The Balaban J connectivity index is 0.800. The molecule has 2 saturated heterocycles. The Bertz CT molecular complexity index is 2750. The largest absolute Gasteiger partial charge is 0.453 e. The fraction of sp³-hybridized carbons (Fsp3) is 0.306. The third-order valence-electron chi connectivity index (χ3n) is 13.6. The number of likely N-dealkylation sites (tertiary alicyclic amines) is 2. The molecule has 2 aliphatic heterocycles. The number of carbonyl (C=O) groups excluding carboxylic acids is 3. The SMILES string of the molecule is COO/C=N/[C@@H](C(=O)N1[C@@H]2C[C@@H]2C[C@H]1c1ncc(-c2ccc3c(c2)Cc2cc(-c4cnc([C@@H]5C[C@H]6C[C@H]6N5C(=O)[C@H](NC(=O)OC)c5ccccc5)[nH]4)ccc2-3)[nH]1)c1ccccc1. The first-order valence-electron chi connectivity index (χ1n) is 21.5. The molecule has 14 nitrogen and oxygen atoms in total. The lowest BCUT2D eigenvalue weighted by atomic mass is 10.0. The van der Waals surface area contributed by atoms with Crippen LogP contribution in [0.3, 0.4) is 0 Å². The van der Waals surface area contributed by atoms with Crippen molar-refractivity contribution in [2.45, 2.75) is 68.4 Å². The smallest absolute Gasteiger partial charge is 0.407 e. The molecule has 5 aliphatic rings. The average Bonchev–Trinajstić information content (AvgIpc) is 3.79. The molecule has 8 atom stereocenters. The number of aliphatic imine (C=N–C) groups is 1. The van der Waals surface area contributed by atoms with Crippen molar-refractivity contribution in [3.8, 4) is 33.6 Å². The average molecular weight is 843 g/mol. The molecule has 0 bridgehead atoms. The molecule has 0 radical (unpaired) electrons. The van der Waals surface area contributed by atoms with Gasteiger partial charge in [-0.25, -0.2) is 19.8 Å². The van der Waals surface area contributed by atoms with E-state index in [0.717, 1.165) is 71.8 Å². The number of amides is 3. The first kappa shape index (κ1) is 38.8. The van der Waals surface area contributed by atoms with Gasteiger partial charge in [-0.15, -0.1) is 0 Å². The van der Waals surface area contributed by atoms with Crippen LogP contribution >= 0.6 is 0 Å². The van der Waals surface area contributed by atoms with Gasteiger partial charge < -0.3 is 34.7 Å². The van der Waals surface area contributed by atoms with Crippen LogP contribution in [-0.2, 0) is 30.5 Å². The number of fused-ring (bicyclic) bond motifs is 5. The highest BCUT2D eigenvalue weighted by molar-refractivity contribution is 5.88. The van der Waals surface area contributed by atoms with Crippen molar-refractivity contribution in [2.75, 3.05) is 14.2 Å². The van der Waals surface area contributed by atoms with Crippen molar-refractivity contribution in [2.24, 2.45) is 16.8 Å². The summed E-state index contributed by atoms with van der Waals surface area (Å²) in [5, 5.41) is 2.77. The van der Waals surface area contributed by atoms with Gasteiger partial charge in [-0.1, -0.05) is 84.9 Å². The van der Waals surface area contributed by atoms with Crippen molar-refractivity contribution in [1.29, 1.82) is 0 Å². The summed E-state index contributed by atoms with van der Waals surface area (Å²) in [6.07, 6.45) is 8.64. The number of piperidine rings is 2. The number of ether oxygens (including phenoxy) is 1. The number of aromatic nitrogens is 4. The van der Waals surface area contributed by atoms with Gasteiger partial charge in [-0.2, -0.15) is 4.89 Å². The van der Waals surface area contributed by atoms with Crippen LogP contribution in [0.4, 0.5) is 4.79 Å². The fourth-order valence-electron chi connectivity index (χ4n) is 10.3. The van der Waals surface area contributed by atoms with Crippen molar-refractivity contribution < 1.29 is 28.9 Å². The van der Waals surface area contributed by atoms with Crippen LogP contribution in [0.5, 0.6) is 0 Å². The van der Waals surface area contributed by atoms with Crippen LogP contribution in [0.25, 0.3) is 33.6 Å². The van der Waals surface area contributed by atoms with Gasteiger partial charge in [0.1, 0.15) is 17.7 Å². The number of nitrogens with one attached hydrogen (secondary N) is 3. The van der Waals surface area contributed by atoms with Crippen LogP contribution in [-0.4, -0.2) is 80.3 Å². The zero-order valence-corrected chi connectivity index (χ0v) is 34.8. The number of rotatable bonds is 12. The van der Waals surface area contributed by atoms with Crippen molar-refractivity contribution in [3.63, 3.8) is 0 Å². The molecule has 318 valence electrons. The quantitative estimate of drug-likeness (QED) is 0.0485. The van der Waals surface area contributed by atoms with E-state index >= 15 is 0 Å². The van der Waals surface area contributed by atoms with Crippen LogP contribution in [0.2, 0.25) is 0 Å². The van der Waals surface area contributed by atoms with E-state index in [4.69, 9.17) is 24.5 Å². The van der Waals surface area contributed by atoms with E-state index < -0.39 is 18.2 Å². The maximum Gasteiger partial charge on any atom is 0.407 e. The monoisotopic (exact) mass is 842 g/mol. The summed E-state index contributed by atoms with van der Waals surface area (Å²) < 4.78 is 4.89. The minimum absolute atomic E-state index is 0.0832. The summed E-state index contributed by atoms with van der Waals surface area (Å²) in [4.78, 5) is 75.7. The Kier molecular flexibility index (Phi) is 9.67. The van der Waals surface area contributed by atoms with E-state index in [9.17, 15) is 14.4 Å². The topological polar surface area (TPSA) is 167 Å². The molecule has 3 N–H and O–H groups in total. The number of nitrogens with zero attached hydrogens (tertiary/aromatic N) is 5. The maximum atomic E-state index is 14.2. The Labute approximate surface area is 363 Å². The number of hydrogen-bond acceptors (Lipinski definition) is 9. The number of aromatic amines is 2. The number of benzene rings is 4. The van der Waals surface area contributed by atoms with E-state index in [1.807, 2.05) is 82.9 Å². The summed E-state index contributed by atoms with van der Waals surface area (Å²) >= 11 is 0. The molecule has 6 aromatic rings. The summed E-state index contributed by atoms with van der Waals surface area (Å²) in [5.74, 6) is 2.12. The molecule has 4 aromatic carbocycles. The van der Waals surface area contributed by atoms with E-state index in [1.165, 1.54) is 42.9 Å². The number of hydrogen-bond donors (Lipinski definition) is 3. The molecular weight excluding hydrogens is 797 g/mol. The second-order valence-corrected chi connectivity index (χ2v) is 17.2. The first-order chi connectivity index (χ1) is 30.9. The van der Waals surface area contributed by atoms with E-state index in [0.29, 0.717) is 17.4 Å². The van der Waals surface area contributed by atoms with E-state index in [2.05, 4.69) is 56.7 Å². The van der Waals surface area contributed by atoms with Crippen LogP contribution < -0.4 is 5.32 Å². The molecule has 63 heavy (non-hydrogen) atoms. The van der Waals surface area contributed by atoms with Gasteiger partial charge in [0, 0.05) is 12.1 Å². The summed E-state index contributed by atoms with van der Waals surface area (Å²) in [5.41, 5.74) is 10.2. The predicted molar refractivity (Wildman–Crippen MR) is 233 cm³/mol. The number of H-pyrrole nitrogens is 2. The second-order valence-electron chi connectivity index (χ2n) is 17.2. The van der Waals surface area contributed by atoms with Crippen molar-refractivity contribution in [3.05, 3.63) is 143 Å². The van der Waals surface area contributed by atoms with Gasteiger partial charge >= 0.3 is 6.09 Å². The van der Waals surface area contributed by atoms with Gasteiger partial charge in [0.2, 0.25) is 6.40 Å². The molecule has 2 saturated carbocycles. The minimum Gasteiger partial charge on any atom is -0.453 e. The van der Waals surface area contributed by atoms with E-state index in [-0.39, 0.29) is 36.0 Å². The molecule has 14 heteroatoms. The standard InChI is InChI=1S/C49H46N8O6/c1-61-49(60)55-44(28-11-7-4-8-12-28)48(59)57-40-21-34(40)23-42(57)46-51-25-38(54-46)30-14-16-36-32(18-30)19-31-17-29(13-15-35(31)36)37-24-50-45(53-37)41-22-33-20-39(33)56(41)47(58)43(52-26-63-62-2)27-9-5-3-6-10-27/h3-18,24-26,33-34,39-44H,19-23H2,1-2H3,(H,50,53)(H,51,54)(H,55,60)/b52-26+/t33-,34-,39-,40-,41+,42+,43-,44-/m1/s1. The lowest BCUT2D eigenvalue weighted by Gasteiger charge is -2.30. The molecule has 0 spiro atoms. The number of imidazole rings is 2. The number of alkyl carbamates (subject to hydrolysis) is 1. The summed E-state index contributed by atoms with van der Waals surface area (Å²) in [7, 11) is 2.70. The Hall–Kier alpha value is -7.06. The third-order valence-corrected chi connectivity index (χ3v) is 13.6. The Morgan fingerprint density at radius 3 is 1.79 bits per heavy atom. The lowest BCUT2D eigenvalue weighted by Crippen LogP contribution is -2.44. The van der Waals surface area contributed by atoms with Crippen LogP contribution in [0.1, 0.15) is 83.8 Å². The molecule has 4 fully saturated rings. The zero-order valence-electron chi connectivity index (χ0n) is 34.8. The number of methoxy groups -OCH3 is 1. The van der Waals surface area contributed by atoms with Gasteiger partial charge in [-0.3, -0.25) is 9.59 Å². The summed E-state index contributed by atoms with van der Waals surface area (Å²) in [6.45, 7) is 0. The molecule has 11 rings (SSSR count). The van der Waals surface area contributed by atoms with E-state index in [1.54, 1.807) is 0 Å². The third kappa shape index (κ3) is 7.04. The highest BCUT2D eigenvalue weighted by Crippen LogP contribution is 2.55.